The maximum Gasteiger partial charge on any atom is 0.201 e. The molecule has 0 radical (unpaired) electrons. The Hall–Kier alpha value is -3.62. The molecule has 3 nitrogen and oxygen atoms in total. The van der Waals surface area contributed by atoms with Gasteiger partial charge in [0.05, 0.1) is 6.61 Å². The van der Waals surface area contributed by atoms with E-state index >= 15 is 0 Å². The van der Waals surface area contributed by atoms with E-state index in [-0.39, 0.29) is 30.6 Å². The zero-order valence-electron chi connectivity index (χ0n) is 20.2. The van der Waals surface area contributed by atoms with Crippen LogP contribution in [0.1, 0.15) is 49.7 Å². The summed E-state index contributed by atoms with van der Waals surface area (Å²) in [6.45, 7) is 7.91. The minimum Gasteiger partial charge on any atom is -0.505 e. The minimum absolute atomic E-state index is 0.0269. The zero-order valence-corrected chi connectivity index (χ0v) is 20.2. The van der Waals surface area contributed by atoms with Gasteiger partial charge in [-0.2, -0.15) is 13.2 Å². The number of aromatic hydroxyl groups is 1. The van der Waals surface area contributed by atoms with Crippen LogP contribution in [0.3, 0.4) is 0 Å². The van der Waals surface area contributed by atoms with Gasteiger partial charge in [-0.3, -0.25) is 0 Å². The smallest absolute Gasteiger partial charge is 0.201 e. The van der Waals surface area contributed by atoms with E-state index in [9.17, 15) is 31.4 Å². The predicted molar refractivity (Wildman–Crippen MR) is 128 cm³/mol. The van der Waals surface area contributed by atoms with Gasteiger partial charge in [0, 0.05) is 11.1 Å². The summed E-state index contributed by atoms with van der Waals surface area (Å²) in [5.41, 5.74) is 0.0897. The fourth-order valence-electron chi connectivity index (χ4n) is 3.92. The number of phenolic OH excluding ortho intramolecular Hbond substituents is 1. The van der Waals surface area contributed by atoms with Crippen molar-refractivity contribution in [1.82, 2.24) is 0 Å². The molecule has 37 heavy (non-hydrogen) atoms. The van der Waals surface area contributed by atoms with E-state index in [1.807, 2.05) is 0 Å². The third-order valence-corrected chi connectivity index (χ3v) is 5.97. The molecule has 0 amide bonds. The van der Waals surface area contributed by atoms with Crippen LogP contribution in [0.2, 0.25) is 0 Å². The molecule has 9 heteroatoms. The molecule has 0 aromatic heterocycles. The fourth-order valence-corrected chi connectivity index (χ4v) is 3.92. The van der Waals surface area contributed by atoms with Gasteiger partial charge in [0.15, 0.2) is 40.5 Å². The Balaban J connectivity index is 1.70. The molecule has 0 fully saturated rings. The quantitative estimate of drug-likeness (QED) is 0.193. The summed E-state index contributed by atoms with van der Waals surface area (Å²) >= 11 is 0. The van der Waals surface area contributed by atoms with Crippen molar-refractivity contribution in [3.05, 3.63) is 101 Å². The third-order valence-electron chi connectivity index (χ3n) is 5.97. The number of ether oxygens (including phenoxy) is 2. The summed E-state index contributed by atoms with van der Waals surface area (Å²) in [7, 11) is 0. The van der Waals surface area contributed by atoms with Crippen LogP contribution in [0.25, 0.3) is 5.57 Å². The molecule has 0 saturated heterocycles. The van der Waals surface area contributed by atoms with Gasteiger partial charge in [0.2, 0.25) is 11.6 Å². The predicted octanol–water partition coefficient (Wildman–Crippen LogP) is 8.33. The summed E-state index contributed by atoms with van der Waals surface area (Å²) in [6.07, 6.45) is 3.04. The number of allylic oxidation sites excluding steroid dienone is 3. The second kappa shape index (κ2) is 12.1. The first kappa shape index (κ1) is 28.0. The lowest BCUT2D eigenvalue weighted by atomic mass is 9.82. The van der Waals surface area contributed by atoms with E-state index in [0.717, 1.165) is 12.1 Å². The topological polar surface area (TPSA) is 38.7 Å². The van der Waals surface area contributed by atoms with Crippen LogP contribution >= 0.6 is 0 Å². The van der Waals surface area contributed by atoms with Gasteiger partial charge < -0.3 is 14.6 Å². The molecular formula is C28H26F6O3. The lowest BCUT2D eigenvalue weighted by molar-refractivity contribution is 0.208. The van der Waals surface area contributed by atoms with Crippen LogP contribution in [0, 0.1) is 23.3 Å². The molecule has 1 aliphatic rings. The van der Waals surface area contributed by atoms with Gasteiger partial charge in [-0.25, -0.2) is 13.2 Å². The van der Waals surface area contributed by atoms with Crippen molar-refractivity contribution in [1.29, 1.82) is 0 Å². The van der Waals surface area contributed by atoms with Crippen LogP contribution in [0.15, 0.2) is 66.5 Å². The average Bonchev–Trinajstić information content (AvgIpc) is 2.90. The minimum atomic E-state index is -1.37. The number of hydrogen-bond donors (Lipinski definition) is 1. The fraction of sp³-hybridized carbons (Fsp3) is 0.286. The van der Waals surface area contributed by atoms with Crippen molar-refractivity contribution in [2.24, 2.45) is 0 Å². The molecule has 1 atom stereocenters. The SMILES string of the molecule is C=C(COc1ccc(C2=CCC(c3ccc(O)c(F)c3F)CC2)c(F)c1F)/C(F)=C(/F)C(=C)OCCC. The molecule has 3 rings (SSSR count). The molecule has 0 aliphatic heterocycles. The molecule has 1 aliphatic carbocycles. The van der Waals surface area contributed by atoms with Crippen LogP contribution in [-0.2, 0) is 4.74 Å². The van der Waals surface area contributed by atoms with Gasteiger partial charge in [-0.05, 0) is 60.9 Å². The Morgan fingerprint density at radius 3 is 2.35 bits per heavy atom. The van der Waals surface area contributed by atoms with Gasteiger partial charge in [0.1, 0.15) is 6.61 Å². The van der Waals surface area contributed by atoms with Gasteiger partial charge in [-0.15, -0.1) is 0 Å². The highest BCUT2D eigenvalue weighted by Gasteiger charge is 2.25. The maximum absolute atomic E-state index is 14.8. The van der Waals surface area contributed by atoms with Crippen molar-refractivity contribution in [3.8, 4) is 11.5 Å². The average molecular weight is 525 g/mol. The van der Waals surface area contributed by atoms with Crippen LogP contribution in [0.5, 0.6) is 11.5 Å². The highest BCUT2D eigenvalue weighted by Crippen LogP contribution is 2.40. The Kier molecular flexibility index (Phi) is 9.13. The number of phenols is 1. The summed E-state index contributed by atoms with van der Waals surface area (Å²) in [4.78, 5) is 0. The maximum atomic E-state index is 14.8. The second-order valence-electron chi connectivity index (χ2n) is 8.53. The van der Waals surface area contributed by atoms with Gasteiger partial charge >= 0.3 is 0 Å². The molecule has 1 unspecified atom stereocenters. The van der Waals surface area contributed by atoms with Gasteiger partial charge in [-0.1, -0.05) is 32.2 Å². The number of hydrogen-bond acceptors (Lipinski definition) is 3. The van der Waals surface area contributed by atoms with Crippen LogP contribution < -0.4 is 4.74 Å². The highest BCUT2D eigenvalue weighted by atomic mass is 19.2. The lowest BCUT2D eigenvalue weighted by Gasteiger charge is -2.23. The van der Waals surface area contributed by atoms with Crippen molar-refractivity contribution in [2.75, 3.05) is 13.2 Å². The van der Waals surface area contributed by atoms with Crippen molar-refractivity contribution in [2.45, 2.75) is 38.5 Å². The summed E-state index contributed by atoms with van der Waals surface area (Å²) < 4.78 is 95.8. The summed E-state index contributed by atoms with van der Waals surface area (Å²) in [6, 6.07) is 4.82. The van der Waals surface area contributed by atoms with E-state index in [1.165, 1.54) is 12.1 Å². The van der Waals surface area contributed by atoms with E-state index in [1.54, 1.807) is 13.0 Å². The van der Waals surface area contributed by atoms with Crippen LogP contribution in [-0.4, -0.2) is 18.3 Å². The first-order valence-electron chi connectivity index (χ1n) is 11.6. The molecule has 0 heterocycles. The molecule has 2 aromatic rings. The molecule has 198 valence electrons. The van der Waals surface area contributed by atoms with Crippen molar-refractivity contribution in [3.63, 3.8) is 0 Å². The number of rotatable bonds is 10. The first-order valence-corrected chi connectivity index (χ1v) is 11.6. The molecule has 0 spiro atoms. The molecule has 1 N–H and O–H groups in total. The summed E-state index contributed by atoms with van der Waals surface area (Å²) in [5.74, 6) is -9.92. The third kappa shape index (κ3) is 6.21. The largest absolute Gasteiger partial charge is 0.505 e. The molecule has 0 bridgehead atoms. The van der Waals surface area contributed by atoms with Crippen molar-refractivity contribution < 1.29 is 40.9 Å². The molecule has 0 saturated carbocycles. The van der Waals surface area contributed by atoms with Crippen LogP contribution in [0.4, 0.5) is 26.3 Å². The highest BCUT2D eigenvalue weighted by molar-refractivity contribution is 5.68. The first-order chi connectivity index (χ1) is 17.6. The number of benzene rings is 2. The summed E-state index contributed by atoms with van der Waals surface area (Å²) in [5, 5.41) is 9.30. The molecular weight excluding hydrogens is 498 g/mol. The van der Waals surface area contributed by atoms with E-state index < -0.39 is 70.3 Å². The van der Waals surface area contributed by atoms with E-state index in [0.29, 0.717) is 18.4 Å². The monoisotopic (exact) mass is 524 g/mol. The molecule has 2 aromatic carbocycles. The van der Waals surface area contributed by atoms with E-state index in [4.69, 9.17) is 9.47 Å². The normalized spacial score (nSPS) is 16.1. The van der Waals surface area contributed by atoms with E-state index in [2.05, 4.69) is 13.2 Å². The Bertz CT molecular complexity index is 1270. The van der Waals surface area contributed by atoms with Crippen molar-refractivity contribution >= 4 is 5.57 Å². The second-order valence-corrected chi connectivity index (χ2v) is 8.53. The standard InChI is InChI=1S/C28H26F6O3/c1-4-13-36-16(3)24(30)23(29)15(2)14-37-22-12-10-20(26(32)28(22)34)18-7-5-17(6-8-18)19-9-11-21(35)27(33)25(19)31/h7,9-12,17,35H,2-6,8,13-14H2,1H3/b24-23-. The zero-order chi connectivity index (χ0) is 27.3. The number of halogens is 6. The Morgan fingerprint density at radius 1 is 0.973 bits per heavy atom. The lowest BCUT2D eigenvalue weighted by Crippen LogP contribution is -2.09. The Morgan fingerprint density at radius 2 is 1.70 bits per heavy atom. The Labute approximate surface area is 211 Å². The van der Waals surface area contributed by atoms with Gasteiger partial charge in [0.25, 0.3) is 0 Å².